The van der Waals surface area contributed by atoms with E-state index >= 15 is 0 Å². The number of nitrogens with two attached hydrogens (primary N) is 1. The number of rotatable bonds is 5. The summed E-state index contributed by atoms with van der Waals surface area (Å²) in [5.41, 5.74) is 11.2. The van der Waals surface area contributed by atoms with Crippen LogP contribution in [0.15, 0.2) is 60.2 Å². The lowest BCUT2D eigenvalue weighted by Crippen LogP contribution is -2.10. The van der Waals surface area contributed by atoms with Gasteiger partial charge in [0.1, 0.15) is 5.82 Å². The summed E-state index contributed by atoms with van der Waals surface area (Å²) in [5, 5.41) is 4.83. The molecule has 1 saturated carbocycles. The van der Waals surface area contributed by atoms with E-state index < -0.39 is 0 Å². The summed E-state index contributed by atoms with van der Waals surface area (Å²) in [6.07, 6.45) is 16.7. The molecule has 2 N–H and O–H groups in total. The molecule has 4 heteroatoms. The molecule has 0 radical (unpaired) electrons. The Morgan fingerprint density at radius 2 is 2.00 bits per heavy atom. The summed E-state index contributed by atoms with van der Waals surface area (Å²) in [6.45, 7) is 5.39. The highest BCUT2D eigenvalue weighted by Gasteiger charge is 2.25. The van der Waals surface area contributed by atoms with Crippen LogP contribution in [0.4, 0.5) is 10.1 Å². The molecule has 0 bridgehead atoms. The number of hydrogen-bond donors (Lipinski definition) is 1. The van der Waals surface area contributed by atoms with Crippen LogP contribution < -0.4 is 5.73 Å². The second-order valence-electron chi connectivity index (χ2n) is 7.74. The zero-order valence-electron chi connectivity index (χ0n) is 17.6. The predicted molar refractivity (Wildman–Crippen MR) is 120 cm³/mol. The molecule has 1 aliphatic heterocycles. The molecule has 2 heterocycles. The number of hydrogen-bond acceptors (Lipinski definition) is 2. The number of aryl methyl sites for hydroxylation is 2. The van der Waals surface area contributed by atoms with Crippen LogP contribution in [-0.4, -0.2) is 9.78 Å². The zero-order valence-corrected chi connectivity index (χ0v) is 17.6. The highest BCUT2D eigenvalue weighted by Crippen LogP contribution is 2.38. The van der Waals surface area contributed by atoms with Gasteiger partial charge in [-0.1, -0.05) is 25.2 Å². The van der Waals surface area contributed by atoms with Gasteiger partial charge in [0.15, 0.2) is 0 Å². The second kappa shape index (κ2) is 10.2. The van der Waals surface area contributed by atoms with E-state index in [0.29, 0.717) is 5.69 Å². The van der Waals surface area contributed by atoms with E-state index in [1.807, 2.05) is 0 Å². The highest BCUT2D eigenvalue weighted by molar-refractivity contribution is 5.74. The average molecular weight is 394 g/mol. The molecule has 0 amide bonds. The van der Waals surface area contributed by atoms with Crippen molar-refractivity contribution < 1.29 is 4.39 Å². The van der Waals surface area contributed by atoms with Crippen LogP contribution in [0.2, 0.25) is 0 Å². The fraction of sp³-hybridized carbons (Fsp3) is 0.400. The van der Waals surface area contributed by atoms with Crippen molar-refractivity contribution in [1.29, 1.82) is 0 Å². The second-order valence-corrected chi connectivity index (χ2v) is 7.74. The maximum absolute atomic E-state index is 12.0. The first-order chi connectivity index (χ1) is 14.1. The van der Waals surface area contributed by atoms with E-state index in [4.69, 9.17) is 10.8 Å². The predicted octanol–water partition coefficient (Wildman–Crippen LogP) is 6.33. The van der Waals surface area contributed by atoms with Gasteiger partial charge in [0.25, 0.3) is 0 Å². The van der Waals surface area contributed by atoms with E-state index in [9.17, 15) is 4.39 Å². The minimum Gasteiger partial charge on any atom is -0.399 e. The average Bonchev–Trinajstić information content (AvgIpc) is 3.48. The summed E-state index contributed by atoms with van der Waals surface area (Å²) in [5.74, 6) is 0.543. The molecular formula is C25H32FN3. The number of aromatic nitrogens is 2. The largest absolute Gasteiger partial charge is 0.399 e. The van der Waals surface area contributed by atoms with E-state index in [1.165, 1.54) is 73.2 Å². The number of nitrogens with zero attached hydrogens (tertiary/aromatic N) is 2. The van der Waals surface area contributed by atoms with Crippen LogP contribution in [0.3, 0.4) is 0 Å². The molecular weight excluding hydrogens is 361 g/mol. The third-order valence-corrected chi connectivity index (χ3v) is 5.24. The van der Waals surface area contributed by atoms with Gasteiger partial charge in [0.2, 0.25) is 0 Å². The molecule has 2 aromatic rings. The zero-order chi connectivity index (χ0) is 20.6. The Labute approximate surface area is 173 Å². The van der Waals surface area contributed by atoms with Crippen LogP contribution in [0.5, 0.6) is 0 Å². The van der Waals surface area contributed by atoms with Crippen molar-refractivity contribution in [1.82, 2.24) is 9.78 Å². The van der Waals surface area contributed by atoms with Crippen molar-refractivity contribution in [2.24, 2.45) is 5.92 Å². The minimum atomic E-state index is -0.251. The SMILES string of the molecule is C\C=C/C(=C\C(=C\CC)C1CC1)c1cc2n(n1)CCCC2.Nc1ccc(F)cc1. The van der Waals surface area contributed by atoms with E-state index in [0.717, 1.165) is 24.6 Å². The molecule has 1 aromatic heterocycles. The first-order valence-corrected chi connectivity index (χ1v) is 10.7. The molecule has 3 nitrogen and oxygen atoms in total. The summed E-state index contributed by atoms with van der Waals surface area (Å²) < 4.78 is 14.2. The van der Waals surface area contributed by atoms with Crippen molar-refractivity contribution in [3.63, 3.8) is 0 Å². The third-order valence-electron chi connectivity index (χ3n) is 5.24. The van der Waals surface area contributed by atoms with Gasteiger partial charge in [0, 0.05) is 23.5 Å². The molecule has 1 aromatic carbocycles. The Morgan fingerprint density at radius 3 is 2.59 bits per heavy atom. The lowest BCUT2D eigenvalue weighted by atomic mass is 10.0. The van der Waals surface area contributed by atoms with Gasteiger partial charge < -0.3 is 5.73 Å². The fourth-order valence-electron chi connectivity index (χ4n) is 3.58. The quantitative estimate of drug-likeness (QED) is 0.476. The van der Waals surface area contributed by atoms with Gasteiger partial charge >= 0.3 is 0 Å². The van der Waals surface area contributed by atoms with Crippen molar-refractivity contribution >= 4 is 11.3 Å². The first kappa shape index (κ1) is 21.1. The summed E-state index contributed by atoms with van der Waals surface area (Å²) in [6, 6.07) is 8.00. The van der Waals surface area contributed by atoms with Crippen molar-refractivity contribution in [3.8, 4) is 0 Å². The molecule has 0 unspecified atom stereocenters. The van der Waals surface area contributed by atoms with E-state index in [-0.39, 0.29) is 5.82 Å². The van der Waals surface area contributed by atoms with Gasteiger partial charge in [-0.05, 0) is 93.3 Å². The van der Waals surface area contributed by atoms with Crippen LogP contribution in [0.25, 0.3) is 5.57 Å². The molecule has 0 saturated heterocycles. The fourth-order valence-corrected chi connectivity index (χ4v) is 3.58. The maximum Gasteiger partial charge on any atom is 0.123 e. The van der Waals surface area contributed by atoms with Gasteiger partial charge in [-0.3, -0.25) is 4.68 Å². The Balaban J connectivity index is 0.000000252. The number of fused-ring (bicyclic) bond motifs is 1. The molecule has 1 aliphatic carbocycles. The van der Waals surface area contributed by atoms with Crippen LogP contribution in [0.1, 0.15) is 57.3 Å². The summed E-state index contributed by atoms with van der Waals surface area (Å²) >= 11 is 0. The number of halogens is 1. The first-order valence-electron chi connectivity index (χ1n) is 10.7. The van der Waals surface area contributed by atoms with Gasteiger partial charge in [-0.15, -0.1) is 0 Å². The van der Waals surface area contributed by atoms with Crippen molar-refractivity contribution in [2.75, 3.05) is 5.73 Å². The normalized spacial score (nSPS) is 17.1. The smallest absolute Gasteiger partial charge is 0.123 e. The third kappa shape index (κ3) is 6.18. The highest BCUT2D eigenvalue weighted by atomic mass is 19.1. The van der Waals surface area contributed by atoms with Crippen molar-refractivity contribution in [3.05, 3.63) is 77.4 Å². The topological polar surface area (TPSA) is 43.8 Å². The molecule has 0 spiro atoms. The van der Waals surface area contributed by atoms with Crippen LogP contribution >= 0.6 is 0 Å². The summed E-state index contributed by atoms with van der Waals surface area (Å²) in [4.78, 5) is 0. The molecule has 29 heavy (non-hydrogen) atoms. The Hall–Kier alpha value is -2.62. The Morgan fingerprint density at radius 1 is 1.24 bits per heavy atom. The summed E-state index contributed by atoms with van der Waals surface area (Å²) in [7, 11) is 0. The molecule has 1 fully saturated rings. The Bertz CT molecular complexity index is 839. The van der Waals surface area contributed by atoms with Gasteiger partial charge in [-0.2, -0.15) is 5.10 Å². The Kier molecular flexibility index (Phi) is 7.45. The van der Waals surface area contributed by atoms with E-state index in [1.54, 1.807) is 0 Å². The van der Waals surface area contributed by atoms with Crippen LogP contribution in [0, 0.1) is 11.7 Å². The lowest BCUT2D eigenvalue weighted by Gasteiger charge is -2.11. The number of benzene rings is 1. The monoisotopic (exact) mass is 393 g/mol. The molecule has 2 aliphatic rings. The van der Waals surface area contributed by atoms with Gasteiger partial charge in [0.05, 0.1) is 5.69 Å². The minimum absolute atomic E-state index is 0.251. The van der Waals surface area contributed by atoms with E-state index in [2.05, 4.69) is 48.9 Å². The maximum atomic E-state index is 12.0. The molecule has 0 atom stereocenters. The molecule has 4 rings (SSSR count). The van der Waals surface area contributed by atoms with Crippen LogP contribution in [-0.2, 0) is 13.0 Å². The lowest BCUT2D eigenvalue weighted by molar-refractivity contribution is 0.485. The number of allylic oxidation sites excluding steroid dienone is 6. The number of anilines is 1. The van der Waals surface area contributed by atoms with Gasteiger partial charge in [-0.25, -0.2) is 4.39 Å². The standard InChI is InChI=1S/C19H26N2.C6H6FN/c1-3-7-16(15-10-11-15)13-17(8-4-2)19-14-18-9-5-6-12-21(18)20-19;7-5-1-3-6(8)4-2-5/h4,7-8,13-15H,3,5-6,9-12H2,1-2H3;1-4H,8H2/b8-4-,16-7-,17-13+;. The number of nitrogen functional groups attached to an aromatic ring is 1. The van der Waals surface area contributed by atoms with Crippen molar-refractivity contribution in [2.45, 2.75) is 58.9 Å². The molecule has 154 valence electrons.